The van der Waals surface area contributed by atoms with Crippen LogP contribution in [-0.4, -0.2) is 28.1 Å². The van der Waals surface area contributed by atoms with Crippen LogP contribution in [-0.2, 0) is 4.79 Å². The summed E-state index contributed by atoms with van der Waals surface area (Å²) in [5.74, 6) is 0.547. The van der Waals surface area contributed by atoms with Crippen molar-refractivity contribution in [2.24, 2.45) is 0 Å². The molecule has 1 aromatic carbocycles. The number of amides is 1. The molecule has 22 heavy (non-hydrogen) atoms. The van der Waals surface area contributed by atoms with Crippen LogP contribution < -0.4 is 10.1 Å². The predicted octanol–water partition coefficient (Wildman–Crippen LogP) is 3.53. The quantitative estimate of drug-likeness (QED) is 0.876. The Morgan fingerprint density at radius 2 is 2.05 bits per heavy atom. The first-order valence-electron chi connectivity index (χ1n) is 7.16. The number of thioether (sulfide) groups is 1. The number of benzene rings is 1. The van der Waals surface area contributed by atoms with Crippen molar-refractivity contribution in [3.05, 3.63) is 36.0 Å². The second-order valence-corrected chi connectivity index (χ2v) is 7.19. The van der Waals surface area contributed by atoms with Gasteiger partial charge >= 0.3 is 0 Å². The first-order chi connectivity index (χ1) is 10.3. The highest BCUT2D eigenvalue weighted by Gasteiger charge is 2.23. The van der Waals surface area contributed by atoms with Gasteiger partial charge in [-0.15, -0.1) is 11.8 Å². The number of carbonyl (C=O) groups is 1. The Kier molecular flexibility index (Phi) is 4.96. The molecule has 1 unspecified atom stereocenters. The van der Waals surface area contributed by atoms with Gasteiger partial charge in [0.25, 0.3) is 5.91 Å². The van der Waals surface area contributed by atoms with Crippen LogP contribution >= 0.6 is 11.8 Å². The van der Waals surface area contributed by atoms with Gasteiger partial charge in [0.15, 0.2) is 0 Å². The van der Waals surface area contributed by atoms with Gasteiger partial charge in [-0.3, -0.25) is 9.78 Å². The highest BCUT2D eigenvalue weighted by Crippen LogP contribution is 2.23. The first-order valence-corrected chi connectivity index (χ1v) is 8.45. The van der Waals surface area contributed by atoms with Gasteiger partial charge in [-0.25, -0.2) is 0 Å². The summed E-state index contributed by atoms with van der Waals surface area (Å²) in [6, 6.07) is 7.73. The van der Waals surface area contributed by atoms with E-state index < -0.39 is 5.44 Å². The number of fused-ring (bicyclic) bond motifs is 1. The minimum Gasteiger partial charge on any atom is -0.470 e. The molecule has 0 radical (unpaired) electrons. The molecule has 0 saturated heterocycles. The summed E-state index contributed by atoms with van der Waals surface area (Å²) in [6.07, 6.45) is 3.70. The number of rotatable bonds is 4. The maximum atomic E-state index is 12.2. The monoisotopic (exact) mass is 318 g/mol. The van der Waals surface area contributed by atoms with Crippen LogP contribution in [0.4, 0.5) is 0 Å². The predicted molar refractivity (Wildman–Crippen MR) is 92.3 cm³/mol. The van der Waals surface area contributed by atoms with Crippen molar-refractivity contribution in [3.8, 4) is 5.75 Å². The summed E-state index contributed by atoms with van der Waals surface area (Å²) in [5.41, 5.74) is 1.16. The fourth-order valence-electron chi connectivity index (χ4n) is 2.05. The highest BCUT2D eigenvalue weighted by molar-refractivity contribution is 7.99. The SMILES string of the molecule is CSC(Oc1ccc2ncc(C)cc2c1)C(=O)NC(C)(C)C. The van der Waals surface area contributed by atoms with Gasteiger partial charge < -0.3 is 10.1 Å². The van der Waals surface area contributed by atoms with E-state index >= 15 is 0 Å². The molecule has 1 amide bonds. The standard InChI is InChI=1S/C17H22N2O2S/c1-11-8-12-9-13(6-7-14(12)18-10-11)21-16(22-5)15(20)19-17(2,3)4/h6-10,16H,1-5H3,(H,19,20). The largest absolute Gasteiger partial charge is 0.470 e. The zero-order chi connectivity index (χ0) is 16.3. The Labute approximate surface area is 135 Å². The fraction of sp³-hybridized carbons (Fsp3) is 0.412. The molecule has 0 saturated carbocycles. The zero-order valence-electron chi connectivity index (χ0n) is 13.6. The van der Waals surface area contributed by atoms with Gasteiger partial charge in [-0.1, -0.05) is 0 Å². The maximum absolute atomic E-state index is 12.2. The van der Waals surface area contributed by atoms with Gasteiger partial charge in [-0.2, -0.15) is 0 Å². The van der Waals surface area contributed by atoms with Gasteiger partial charge in [0.05, 0.1) is 5.52 Å². The molecule has 0 aliphatic heterocycles. The van der Waals surface area contributed by atoms with Gasteiger partial charge in [0, 0.05) is 17.1 Å². The topological polar surface area (TPSA) is 51.2 Å². The van der Waals surface area contributed by atoms with Crippen LogP contribution in [0.1, 0.15) is 26.3 Å². The smallest absolute Gasteiger partial charge is 0.272 e. The molecule has 2 rings (SSSR count). The Morgan fingerprint density at radius 3 is 2.68 bits per heavy atom. The summed E-state index contributed by atoms with van der Waals surface area (Å²) < 4.78 is 5.84. The Morgan fingerprint density at radius 1 is 1.32 bits per heavy atom. The Hall–Kier alpha value is -1.75. The summed E-state index contributed by atoms with van der Waals surface area (Å²) in [4.78, 5) is 16.6. The third-order valence-corrected chi connectivity index (χ3v) is 3.70. The van der Waals surface area contributed by atoms with Crippen LogP contribution in [0.5, 0.6) is 5.75 Å². The molecule has 1 aromatic heterocycles. The van der Waals surface area contributed by atoms with E-state index in [1.165, 1.54) is 11.8 Å². The molecule has 1 heterocycles. The average Bonchev–Trinajstić information content (AvgIpc) is 2.42. The molecule has 118 valence electrons. The Balaban J connectivity index is 2.18. The molecule has 0 bridgehead atoms. The molecule has 1 atom stereocenters. The second-order valence-electron chi connectivity index (χ2n) is 6.29. The molecule has 0 spiro atoms. The molecule has 4 nitrogen and oxygen atoms in total. The van der Waals surface area contributed by atoms with Crippen molar-refractivity contribution in [1.29, 1.82) is 0 Å². The molecule has 0 aliphatic rings. The molecule has 2 aromatic rings. The Bertz CT molecular complexity index is 680. The van der Waals surface area contributed by atoms with E-state index in [9.17, 15) is 4.79 Å². The summed E-state index contributed by atoms with van der Waals surface area (Å²) in [5, 5.41) is 3.95. The number of pyridine rings is 1. The lowest BCUT2D eigenvalue weighted by Crippen LogP contribution is -2.46. The number of nitrogens with zero attached hydrogens (tertiary/aromatic N) is 1. The lowest BCUT2D eigenvalue weighted by Gasteiger charge is -2.24. The van der Waals surface area contributed by atoms with Crippen molar-refractivity contribution in [3.63, 3.8) is 0 Å². The minimum absolute atomic E-state index is 0.123. The fourth-order valence-corrected chi connectivity index (χ4v) is 2.53. The number of nitrogens with one attached hydrogen (secondary N) is 1. The summed E-state index contributed by atoms with van der Waals surface area (Å²) >= 11 is 1.37. The van der Waals surface area contributed by atoms with Crippen molar-refractivity contribution >= 4 is 28.6 Å². The first kappa shape index (κ1) is 16.6. The maximum Gasteiger partial charge on any atom is 0.272 e. The molecule has 0 fully saturated rings. The summed E-state index contributed by atoms with van der Waals surface area (Å²) in [6.45, 7) is 7.85. The third kappa shape index (κ3) is 4.37. The van der Waals surface area contributed by atoms with E-state index in [2.05, 4.69) is 16.4 Å². The number of aryl methyl sites for hydroxylation is 1. The van der Waals surface area contributed by atoms with Crippen LogP contribution in [0.3, 0.4) is 0 Å². The van der Waals surface area contributed by atoms with Crippen LogP contribution in [0.15, 0.2) is 30.5 Å². The van der Waals surface area contributed by atoms with E-state index in [-0.39, 0.29) is 11.4 Å². The number of ether oxygens (including phenoxy) is 1. The molecule has 5 heteroatoms. The van der Waals surface area contributed by atoms with Crippen LogP contribution in [0, 0.1) is 6.92 Å². The van der Waals surface area contributed by atoms with Crippen LogP contribution in [0.2, 0.25) is 0 Å². The zero-order valence-corrected chi connectivity index (χ0v) is 14.5. The van der Waals surface area contributed by atoms with Gasteiger partial charge in [-0.05, 0) is 63.8 Å². The van der Waals surface area contributed by atoms with E-state index in [1.807, 2.05) is 58.3 Å². The molecular weight excluding hydrogens is 296 g/mol. The van der Waals surface area contributed by atoms with Crippen molar-refractivity contribution in [2.75, 3.05) is 6.26 Å². The minimum atomic E-state index is -0.575. The number of carbonyl (C=O) groups excluding carboxylic acids is 1. The number of hydrogen-bond donors (Lipinski definition) is 1. The van der Waals surface area contributed by atoms with Crippen molar-refractivity contribution < 1.29 is 9.53 Å². The third-order valence-electron chi connectivity index (χ3n) is 2.96. The van der Waals surface area contributed by atoms with E-state index in [1.54, 1.807) is 0 Å². The van der Waals surface area contributed by atoms with E-state index in [0.717, 1.165) is 16.5 Å². The lowest BCUT2D eigenvalue weighted by molar-refractivity contribution is -0.125. The van der Waals surface area contributed by atoms with Crippen molar-refractivity contribution in [1.82, 2.24) is 10.3 Å². The summed E-state index contributed by atoms with van der Waals surface area (Å²) in [7, 11) is 0. The highest BCUT2D eigenvalue weighted by atomic mass is 32.2. The van der Waals surface area contributed by atoms with Crippen LogP contribution in [0.25, 0.3) is 10.9 Å². The van der Waals surface area contributed by atoms with E-state index in [0.29, 0.717) is 5.75 Å². The number of hydrogen-bond acceptors (Lipinski definition) is 4. The molecular formula is C17H22N2O2S. The lowest BCUT2D eigenvalue weighted by atomic mass is 10.1. The van der Waals surface area contributed by atoms with Gasteiger partial charge in [0.1, 0.15) is 5.75 Å². The molecule has 1 N–H and O–H groups in total. The van der Waals surface area contributed by atoms with Crippen molar-refractivity contribution in [2.45, 2.75) is 38.7 Å². The molecule has 0 aliphatic carbocycles. The van der Waals surface area contributed by atoms with E-state index in [4.69, 9.17) is 4.74 Å². The normalized spacial score (nSPS) is 13.0. The average molecular weight is 318 g/mol. The second kappa shape index (κ2) is 6.57. The van der Waals surface area contributed by atoms with Gasteiger partial charge in [0.2, 0.25) is 5.44 Å². The number of aromatic nitrogens is 1.